The van der Waals surface area contributed by atoms with Gasteiger partial charge in [-0.05, 0) is 12.1 Å². The van der Waals surface area contributed by atoms with Gasteiger partial charge in [0.1, 0.15) is 23.3 Å². The van der Waals surface area contributed by atoms with Crippen molar-refractivity contribution in [1.82, 2.24) is 14.4 Å². The molecule has 164 valence electrons. The van der Waals surface area contributed by atoms with Crippen LogP contribution in [-0.4, -0.2) is 27.6 Å². The van der Waals surface area contributed by atoms with Crippen LogP contribution in [0.25, 0.3) is 16.8 Å². The van der Waals surface area contributed by atoms with E-state index in [-0.39, 0.29) is 11.6 Å². The fourth-order valence-electron chi connectivity index (χ4n) is 3.96. The number of imidazole rings is 1. The Hall–Kier alpha value is -3.10. The quantitative estimate of drug-likeness (QED) is 0.368. The number of alkyl halides is 3. The lowest BCUT2D eigenvalue weighted by Gasteiger charge is -2.25. The lowest BCUT2D eigenvalue weighted by molar-refractivity contribution is -0.0522. The number of halogens is 4. The van der Waals surface area contributed by atoms with Crippen LogP contribution in [0.4, 0.5) is 13.2 Å². The second kappa shape index (κ2) is 8.44. The summed E-state index contributed by atoms with van der Waals surface area (Å²) >= 11 is 5.80. The van der Waals surface area contributed by atoms with Crippen LogP contribution < -0.4 is 4.74 Å². The van der Waals surface area contributed by atoms with Crippen LogP contribution >= 0.6 is 11.6 Å². The number of rotatable bonds is 5. The first-order valence-electron chi connectivity index (χ1n) is 9.92. The maximum Gasteiger partial charge on any atom is 0.387 e. The van der Waals surface area contributed by atoms with Crippen LogP contribution in [0.1, 0.15) is 28.7 Å². The fourth-order valence-corrected chi connectivity index (χ4v) is 4.12. The minimum absolute atomic E-state index is 0.0264. The van der Waals surface area contributed by atoms with Gasteiger partial charge in [0.25, 0.3) is 0 Å². The highest BCUT2D eigenvalue weighted by Gasteiger charge is 2.31. The van der Waals surface area contributed by atoms with E-state index in [4.69, 9.17) is 21.1 Å². The summed E-state index contributed by atoms with van der Waals surface area (Å²) in [6.45, 7) is -2.62. The van der Waals surface area contributed by atoms with Crippen LogP contribution in [-0.2, 0) is 17.0 Å². The summed E-state index contributed by atoms with van der Waals surface area (Å²) in [5.41, 5.74) is 3.83. The molecule has 4 heterocycles. The first-order valence-corrected chi connectivity index (χ1v) is 10.5. The molecular formula is C23H17ClF3N3O2. The molecule has 32 heavy (non-hydrogen) atoms. The maximum atomic E-state index is 14.9. The maximum absolute atomic E-state index is 14.9. The van der Waals surface area contributed by atoms with Gasteiger partial charge in [-0.3, -0.25) is 9.38 Å². The number of pyridine rings is 2. The number of ether oxygens (including phenoxy) is 2. The molecular weight excluding hydrogens is 443 g/mol. The number of hydrogen-bond acceptors (Lipinski definition) is 4. The zero-order valence-electron chi connectivity index (χ0n) is 16.6. The number of hydrogen-bond donors (Lipinski definition) is 0. The zero-order valence-corrected chi connectivity index (χ0v) is 17.4. The Labute approximate surface area is 186 Å². The van der Waals surface area contributed by atoms with E-state index in [2.05, 4.69) is 9.97 Å². The molecule has 4 aromatic rings. The van der Waals surface area contributed by atoms with E-state index in [0.717, 1.165) is 5.69 Å². The highest BCUT2D eigenvalue weighted by atomic mass is 35.5. The van der Waals surface area contributed by atoms with Gasteiger partial charge in [0.05, 0.1) is 29.6 Å². The standard InChI is InChI=1S/C23H17ClF3N3O2/c24-10-14-6-5-13(11-28-14)16-12-30-20(9-17(16)25)29-18-7-8-31-22(21(18)30)15-3-1-2-4-19(15)32-23(26)27/h1-6,9,11-12,22-23H,7-8,10H2/t22-/m1/s1. The predicted molar refractivity (Wildman–Crippen MR) is 113 cm³/mol. The van der Waals surface area contributed by atoms with Crippen molar-refractivity contribution in [3.8, 4) is 16.9 Å². The van der Waals surface area contributed by atoms with Crippen molar-refractivity contribution in [3.05, 3.63) is 83.3 Å². The topological polar surface area (TPSA) is 48.7 Å². The summed E-state index contributed by atoms with van der Waals surface area (Å²) in [5, 5.41) is 0. The molecule has 0 saturated carbocycles. The average molecular weight is 460 g/mol. The highest BCUT2D eigenvalue weighted by molar-refractivity contribution is 6.16. The Balaban J connectivity index is 1.66. The van der Waals surface area contributed by atoms with Gasteiger partial charge in [0.2, 0.25) is 0 Å². The van der Waals surface area contributed by atoms with Gasteiger partial charge in [-0.1, -0.05) is 24.3 Å². The number of aromatic nitrogens is 3. The second-order valence-corrected chi connectivity index (χ2v) is 7.56. The van der Waals surface area contributed by atoms with Gasteiger partial charge in [-0.25, -0.2) is 9.37 Å². The van der Waals surface area contributed by atoms with E-state index in [1.165, 1.54) is 12.1 Å². The molecule has 5 rings (SSSR count). The minimum atomic E-state index is -2.97. The Morgan fingerprint density at radius 2 is 2.06 bits per heavy atom. The molecule has 0 aliphatic carbocycles. The molecule has 1 aliphatic heterocycles. The average Bonchev–Trinajstić information content (AvgIpc) is 3.16. The van der Waals surface area contributed by atoms with Gasteiger partial charge >= 0.3 is 6.61 Å². The normalized spacial score (nSPS) is 15.8. The van der Waals surface area contributed by atoms with Gasteiger partial charge in [-0.2, -0.15) is 8.78 Å². The van der Waals surface area contributed by atoms with Crippen molar-refractivity contribution in [3.63, 3.8) is 0 Å². The third-order valence-corrected chi connectivity index (χ3v) is 5.66. The van der Waals surface area contributed by atoms with E-state index in [9.17, 15) is 13.2 Å². The van der Waals surface area contributed by atoms with Gasteiger partial charge in [0, 0.05) is 41.6 Å². The molecule has 9 heteroatoms. The third kappa shape index (κ3) is 3.69. The van der Waals surface area contributed by atoms with Crippen molar-refractivity contribution in [2.24, 2.45) is 0 Å². The van der Waals surface area contributed by atoms with Crippen molar-refractivity contribution in [2.75, 3.05) is 6.61 Å². The molecule has 0 N–H and O–H groups in total. The number of nitrogens with zero attached hydrogens (tertiary/aromatic N) is 3. The summed E-state index contributed by atoms with van der Waals surface area (Å²) in [7, 11) is 0. The molecule has 0 spiro atoms. The van der Waals surface area contributed by atoms with Gasteiger partial charge < -0.3 is 9.47 Å². The van der Waals surface area contributed by atoms with Crippen molar-refractivity contribution >= 4 is 17.2 Å². The SMILES string of the molecule is Fc1cc2nc3c(n2cc1-c1ccc(CCl)nc1)[C@@H](c1ccccc1OC(F)F)OCC3. The molecule has 0 fully saturated rings. The molecule has 1 aliphatic rings. The summed E-state index contributed by atoms with van der Waals surface area (Å²) in [6.07, 6.45) is 3.02. The van der Waals surface area contributed by atoms with E-state index >= 15 is 0 Å². The third-order valence-electron chi connectivity index (χ3n) is 5.38. The first-order chi connectivity index (χ1) is 15.5. The van der Waals surface area contributed by atoms with Crippen molar-refractivity contribution in [2.45, 2.75) is 25.0 Å². The molecule has 0 bridgehead atoms. The predicted octanol–water partition coefficient (Wildman–Crippen LogP) is 5.54. The van der Waals surface area contributed by atoms with Crippen molar-refractivity contribution in [1.29, 1.82) is 0 Å². The summed E-state index contributed by atoms with van der Waals surface area (Å²) in [4.78, 5) is 8.80. The monoisotopic (exact) mass is 459 g/mol. The Kier molecular flexibility index (Phi) is 5.48. The lowest BCUT2D eigenvalue weighted by atomic mass is 10.0. The fraction of sp³-hybridized carbons (Fsp3) is 0.217. The summed E-state index contributed by atoms with van der Waals surface area (Å²) in [5.74, 6) is -0.159. The van der Waals surface area contributed by atoms with E-state index in [1.807, 2.05) is 0 Å². The summed E-state index contributed by atoms with van der Waals surface area (Å²) < 4.78 is 53.3. The molecule has 1 atom stereocenters. The van der Waals surface area contributed by atoms with Gasteiger partial charge in [0.15, 0.2) is 0 Å². The zero-order chi connectivity index (χ0) is 22.2. The van der Waals surface area contributed by atoms with Crippen LogP contribution in [0.2, 0.25) is 0 Å². The Morgan fingerprint density at radius 3 is 2.81 bits per heavy atom. The smallest absolute Gasteiger partial charge is 0.387 e. The molecule has 0 unspecified atom stereocenters. The number of benzene rings is 1. The Morgan fingerprint density at radius 1 is 1.22 bits per heavy atom. The van der Waals surface area contributed by atoms with Gasteiger partial charge in [-0.15, -0.1) is 11.6 Å². The summed E-state index contributed by atoms with van der Waals surface area (Å²) in [6, 6.07) is 11.3. The number of fused-ring (bicyclic) bond motifs is 3. The highest BCUT2D eigenvalue weighted by Crippen LogP contribution is 2.39. The molecule has 0 amide bonds. The van der Waals surface area contributed by atoms with Crippen LogP contribution in [0, 0.1) is 5.82 Å². The largest absolute Gasteiger partial charge is 0.434 e. The lowest BCUT2D eigenvalue weighted by Crippen LogP contribution is -2.20. The van der Waals surface area contributed by atoms with E-state index < -0.39 is 18.5 Å². The van der Waals surface area contributed by atoms with Crippen LogP contribution in [0.3, 0.4) is 0 Å². The van der Waals surface area contributed by atoms with E-state index in [1.54, 1.807) is 47.1 Å². The minimum Gasteiger partial charge on any atom is -0.434 e. The molecule has 5 nitrogen and oxygen atoms in total. The Bertz CT molecular complexity index is 1280. The van der Waals surface area contributed by atoms with E-state index in [0.29, 0.717) is 46.8 Å². The molecule has 0 saturated heterocycles. The molecule has 0 radical (unpaired) electrons. The van der Waals surface area contributed by atoms with Crippen LogP contribution in [0.15, 0.2) is 54.9 Å². The van der Waals surface area contributed by atoms with Crippen molar-refractivity contribution < 1.29 is 22.6 Å². The van der Waals surface area contributed by atoms with Crippen LogP contribution in [0.5, 0.6) is 5.75 Å². The molecule has 1 aromatic carbocycles. The molecule has 3 aromatic heterocycles. The first kappa shape index (κ1) is 20.8. The number of para-hydroxylation sites is 1. The second-order valence-electron chi connectivity index (χ2n) is 7.30.